The molecule has 2 atom stereocenters. The molecular weight excluding hydrogens is 390 g/mol. The van der Waals surface area contributed by atoms with Crippen molar-refractivity contribution in [3.63, 3.8) is 0 Å². The van der Waals surface area contributed by atoms with Gasteiger partial charge in [-0.1, -0.05) is 48.0 Å². The summed E-state index contributed by atoms with van der Waals surface area (Å²) in [7, 11) is 0. The number of carbonyl (C=O) groups is 3. The quantitative estimate of drug-likeness (QED) is 0.768. The molecule has 2 aliphatic heterocycles. The first kappa shape index (κ1) is 21.1. The molecule has 1 N–H and O–H groups in total. The second-order valence-corrected chi connectivity index (χ2v) is 8.90. The largest absolute Gasteiger partial charge is 0.334 e. The number of nitrogens with zero attached hydrogens (tertiary/aromatic N) is 2. The number of urea groups is 1. The Kier molecular flexibility index (Phi) is 5.33. The van der Waals surface area contributed by atoms with Crippen molar-refractivity contribution < 1.29 is 14.4 Å². The van der Waals surface area contributed by atoms with Gasteiger partial charge in [-0.15, -0.1) is 0 Å². The number of imide groups is 1. The fraction of sp³-hybridized carbons (Fsp3) is 0.400. The minimum absolute atomic E-state index is 0.0175. The summed E-state index contributed by atoms with van der Waals surface area (Å²) in [5, 5.41) is 2.79. The van der Waals surface area contributed by atoms with E-state index in [1.807, 2.05) is 36.1 Å². The van der Waals surface area contributed by atoms with Gasteiger partial charge in [0, 0.05) is 6.54 Å². The van der Waals surface area contributed by atoms with Gasteiger partial charge in [-0.3, -0.25) is 14.5 Å². The molecule has 2 fully saturated rings. The van der Waals surface area contributed by atoms with Gasteiger partial charge < -0.3 is 10.2 Å². The van der Waals surface area contributed by atoms with Crippen LogP contribution in [0.25, 0.3) is 0 Å². The van der Waals surface area contributed by atoms with Gasteiger partial charge in [0.05, 0.1) is 6.04 Å². The maximum atomic E-state index is 13.2. The molecule has 0 radical (unpaired) electrons. The van der Waals surface area contributed by atoms with E-state index in [0.29, 0.717) is 12.1 Å². The summed E-state index contributed by atoms with van der Waals surface area (Å²) in [6, 6.07) is 13.2. The number of aryl methyl sites for hydroxylation is 3. The number of benzene rings is 2. The van der Waals surface area contributed by atoms with Gasteiger partial charge in [0.25, 0.3) is 5.91 Å². The zero-order valence-electron chi connectivity index (χ0n) is 18.6. The average Bonchev–Trinajstić information content (AvgIpc) is 3.30. The van der Waals surface area contributed by atoms with Crippen LogP contribution in [0.2, 0.25) is 0 Å². The summed E-state index contributed by atoms with van der Waals surface area (Å²) < 4.78 is 0. The summed E-state index contributed by atoms with van der Waals surface area (Å²) in [6.45, 7) is 8.19. The normalized spacial score (nSPS) is 23.4. The summed E-state index contributed by atoms with van der Waals surface area (Å²) >= 11 is 0. The van der Waals surface area contributed by atoms with E-state index in [4.69, 9.17) is 0 Å². The van der Waals surface area contributed by atoms with E-state index in [1.165, 1.54) is 11.1 Å². The maximum Gasteiger partial charge on any atom is 0.325 e. The molecule has 0 aromatic heterocycles. The Morgan fingerprint density at radius 1 is 1.06 bits per heavy atom. The third kappa shape index (κ3) is 3.71. The molecule has 162 valence electrons. The Morgan fingerprint density at radius 3 is 2.45 bits per heavy atom. The van der Waals surface area contributed by atoms with E-state index in [2.05, 4.69) is 37.4 Å². The highest BCUT2D eigenvalue weighted by atomic mass is 16.2. The first-order valence-corrected chi connectivity index (χ1v) is 10.8. The monoisotopic (exact) mass is 419 g/mol. The lowest BCUT2D eigenvalue weighted by Gasteiger charge is -2.27. The Hall–Kier alpha value is -3.15. The van der Waals surface area contributed by atoms with Gasteiger partial charge in [-0.2, -0.15) is 0 Å². The summed E-state index contributed by atoms with van der Waals surface area (Å²) in [5.74, 6) is -0.589. The fourth-order valence-corrected chi connectivity index (χ4v) is 4.53. The second-order valence-electron chi connectivity index (χ2n) is 8.90. The number of nitrogens with one attached hydrogen (secondary N) is 1. The standard InChI is InChI=1S/C25H29N3O3/c1-16-7-11-20(12-8-16)25(4)23(30)28(24(31)26-25)15-22(29)27-13-5-6-21(27)19-10-9-17(2)18(3)14-19/h7-12,14,21H,5-6,13,15H2,1-4H3,(H,26,31). The lowest BCUT2D eigenvalue weighted by atomic mass is 9.91. The van der Waals surface area contributed by atoms with Crippen LogP contribution >= 0.6 is 0 Å². The third-order valence-electron chi connectivity index (χ3n) is 6.69. The van der Waals surface area contributed by atoms with Crippen LogP contribution in [-0.4, -0.2) is 40.7 Å². The van der Waals surface area contributed by atoms with Gasteiger partial charge in [-0.05, 0) is 62.8 Å². The van der Waals surface area contributed by atoms with Crippen molar-refractivity contribution in [2.45, 2.75) is 52.1 Å². The molecule has 2 saturated heterocycles. The highest BCUT2D eigenvalue weighted by Crippen LogP contribution is 2.34. The van der Waals surface area contributed by atoms with Crippen molar-refractivity contribution in [1.82, 2.24) is 15.1 Å². The molecule has 0 bridgehead atoms. The van der Waals surface area contributed by atoms with Crippen molar-refractivity contribution in [2.24, 2.45) is 0 Å². The lowest BCUT2D eigenvalue weighted by Crippen LogP contribution is -2.44. The second kappa shape index (κ2) is 7.84. The molecule has 2 aromatic rings. The highest BCUT2D eigenvalue weighted by molar-refractivity contribution is 6.09. The maximum absolute atomic E-state index is 13.2. The summed E-state index contributed by atoms with van der Waals surface area (Å²) in [4.78, 5) is 41.9. The molecular formula is C25H29N3O3. The minimum Gasteiger partial charge on any atom is -0.334 e. The molecule has 2 aromatic carbocycles. The minimum atomic E-state index is -1.16. The van der Waals surface area contributed by atoms with E-state index >= 15 is 0 Å². The van der Waals surface area contributed by atoms with E-state index in [0.717, 1.165) is 28.9 Å². The highest BCUT2D eigenvalue weighted by Gasteiger charge is 2.50. The molecule has 0 saturated carbocycles. The first-order chi connectivity index (χ1) is 14.7. The third-order valence-corrected chi connectivity index (χ3v) is 6.69. The molecule has 31 heavy (non-hydrogen) atoms. The van der Waals surface area contributed by atoms with Crippen LogP contribution in [0.15, 0.2) is 42.5 Å². The summed E-state index contributed by atoms with van der Waals surface area (Å²) in [6.07, 6.45) is 1.79. The van der Waals surface area contributed by atoms with E-state index in [1.54, 1.807) is 6.92 Å². The van der Waals surface area contributed by atoms with Gasteiger partial charge in [-0.25, -0.2) is 4.79 Å². The van der Waals surface area contributed by atoms with Crippen LogP contribution in [0.4, 0.5) is 4.79 Å². The van der Waals surface area contributed by atoms with Gasteiger partial charge in [0.1, 0.15) is 12.1 Å². The molecule has 0 aliphatic carbocycles. The number of likely N-dealkylation sites (tertiary alicyclic amines) is 1. The molecule has 2 aliphatic rings. The number of amides is 4. The van der Waals surface area contributed by atoms with Crippen LogP contribution in [0.3, 0.4) is 0 Å². The van der Waals surface area contributed by atoms with Crippen molar-refractivity contribution in [3.8, 4) is 0 Å². The van der Waals surface area contributed by atoms with Gasteiger partial charge >= 0.3 is 6.03 Å². The first-order valence-electron chi connectivity index (χ1n) is 10.8. The van der Waals surface area contributed by atoms with E-state index < -0.39 is 17.5 Å². The van der Waals surface area contributed by atoms with Gasteiger partial charge in [0.2, 0.25) is 5.91 Å². The predicted molar refractivity (Wildman–Crippen MR) is 118 cm³/mol. The molecule has 6 heteroatoms. The van der Waals surface area contributed by atoms with Crippen LogP contribution in [-0.2, 0) is 15.1 Å². The molecule has 4 amide bonds. The molecule has 0 spiro atoms. The average molecular weight is 420 g/mol. The predicted octanol–water partition coefficient (Wildman–Crippen LogP) is 3.74. The zero-order chi connectivity index (χ0) is 22.3. The Labute approximate surface area is 183 Å². The molecule has 2 unspecified atom stereocenters. The topological polar surface area (TPSA) is 69.7 Å². The Balaban J connectivity index is 1.52. The SMILES string of the molecule is Cc1ccc(C2(C)NC(=O)N(CC(=O)N3CCCC3c3ccc(C)c(C)c3)C2=O)cc1. The number of rotatable bonds is 4. The van der Waals surface area contributed by atoms with Crippen LogP contribution in [0, 0.1) is 20.8 Å². The lowest BCUT2D eigenvalue weighted by molar-refractivity contribution is -0.139. The van der Waals surface area contributed by atoms with E-state index in [-0.39, 0.29) is 18.5 Å². The molecule has 4 rings (SSSR count). The fourth-order valence-electron chi connectivity index (χ4n) is 4.53. The molecule has 6 nitrogen and oxygen atoms in total. The van der Waals surface area contributed by atoms with Gasteiger partial charge in [0.15, 0.2) is 0 Å². The van der Waals surface area contributed by atoms with Crippen molar-refractivity contribution in [3.05, 3.63) is 70.3 Å². The van der Waals surface area contributed by atoms with Crippen LogP contribution in [0.5, 0.6) is 0 Å². The van der Waals surface area contributed by atoms with Crippen LogP contribution < -0.4 is 5.32 Å². The zero-order valence-corrected chi connectivity index (χ0v) is 18.6. The number of carbonyl (C=O) groups excluding carboxylic acids is 3. The van der Waals surface area contributed by atoms with Crippen molar-refractivity contribution >= 4 is 17.8 Å². The van der Waals surface area contributed by atoms with Crippen molar-refractivity contribution in [1.29, 1.82) is 0 Å². The molecule has 2 heterocycles. The number of hydrogen-bond donors (Lipinski definition) is 1. The Morgan fingerprint density at radius 2 is 1.77 bits per heavy atom. The van der Waals surface area contributed by atoms with Crippen LogP contribution in [0.1, 0.15) is 53.6 Å². The van der Waals surface area contributed by atoms with E-state index in [9.17, 15) is 14.4 Å². The summed E-state index contributed by atoms with van der Waals surface area (Å²) in [5.41, 5.74) is 4.14. The van der Waals surface area contributed by atoms with Crippen molar-refractivity contribution in [2.75, 3.05) is 13.1 Å². The number of hydrogen-bond acceptors (Lipinski definition) is 3. The smallest absolute Gasteiger partial charge is 0.325 e. The Bertz CT molecular complexity index is 1050.